The topological polar surface area (TPSA) is 29.1 Å². The van der Waals surface area contributed by atoms with E-state index in [2.05, 4.69) is 21.2 Å². The van der Waals surface area contributed by atoms with Crippen LogP contribution in [0.2, 0.25) is 0 Å². The smallest absolute Gasteiger partial charge is 0.252 e. The molecule has 0 spiro atoms. The summed E-state index contributed by atoms with van der Waals surface area (Å²) in [6, 6.07) is 7.35. The molecule has 0 heterocycles. The van der Waals surface area contributed by atoms with Crippen molar-refractivity contribution in [2.24, 2.45) is 5.92 Å². The highest BCUT2D eigenvalue weighted by Gasteiger charge is 2.17. The molecule has 88 valence electrons. The van der Waals surface area contributed by atoms with E-state index in [1.54, 1.807) is 6.07 Å². The molecule has 4 heteroatoms. The molecular formula is C12H15BrClNO. The second-order valence-electron chi connectivity index (χ2n) is 3.96. The van der Waals surface area contributed by atoms with Gasteiger partial charge in [-0.2, -0.15) is 0 Å². The minimum Gasteiger partial charge on any atom is -0.348 e. The fourth-order valence-corrected chi connectivity index (χ4v) is 2.17. The van der Waals surface area contributed by atoms with E-state index in [0.29, 0.717) is 17.4 Å². The van der Waals surface area contributed by atoms with Crippen LogP contribution < -0.4 is 5.32 Å². The first-order chi connectivity index (χ1) is 7.56. The number of alkyl halides is 1. The SMILES string of the molecule is CC(C)[C@@H](CCl)NC(=O)c1ccccc1Br. The van der Waals surface area contributed by atoms with E-state index < -0.39 is 0 Å². The van der Waals surface area contributed by atoms with E-state index in [4.69, 9.17) is 11.6 Å². The predicted molar refractivity (Wildman–Crippen MR) is 71.0 cm³/mol. The molecule has 0 saturated carbocycles. The fraction of sp³-hybridized carbons (Fsp3) is 0.417. The number of hydrogen-bond donors (Lipinski definition) is 1. The van der Waals surface area contributed by atoms with Gasteiger partial charge in [0.15, 0.2) is 0 Å². The Balaban J connectivity index is 2.76. The number of hydrogen-bond acceptors (Lipinski definition) is 1. The van der Waals surface area contributed by atoms with E-state index in [0.717, 1.165) is 4.47 Å². The molecule has 0 radical (unpaired) electrons. The van der Waals surface area contributed by atoms with Crippen LogP contribution in [0.25, 0.3) is 0 Å². The summed E-state index contributed by atoms with van der Waals surface area (Å²) in [6.45, 7) is 4.07. The van der Waals surface area contributed by atoms with Gasteiger partial charge in [0.2, 0.25) is 0 Å². The third-order valence-electron chi connectivity index (χ3n) is 2.41. The average Bonchev–Trinajstić information content (AvgIpc) is 2.25. The zero-order valence-corrected chi connectivity index (χ0v) is 11.7. The highest BCUT2D eigenvalue weighted by atomic mass is 79.9. The minimum absolute atomic E-state index is 0.00118. The van der Waals surface area contributed by atoms with Crippen molar-refractivity contribution in [1.82, 2.24) is 5.32 Å². The summed E-state index contributed by atoms with van der Waals surface area (Å²) < 4.78 is 0.796. The lowest BCUT2D eigenvalue weighted by atomic mass is 10.1. The Hall–Kier alpha value is -0.540. The largest absolute Gasteiger partial charge is 0.348 e. The molecule has 1 N–H and O–H groups in total. The van der Waals surface area contributed by atoms with Gasteiger partial charge in [0.1, 0.15) is 0 Å². The molecule has 1 aromatic rings. The van der Waals surface area contributed by atoms with Gasteiger partial charge in [-0.05, 0) is 34.0 Å². The first-order valence-corrected chi connectivity index (χ1v) is 6.50. The normalized spacial score (nSPS) is 12.6. The molecule has 0 saturated heterocycles. The number of rotatable bonds is 4. The fourth-order valence-electron chi connectivity index (χ4n) is 1.27. The molecule has 1 atom stereocenters. The van der Waals surface area contributed by atoms with Gasteiger partial charge in [0, 0.05) is 16.4 Å². The lowest BCUT2D eigenvalue weighted by Crippen LogP contribution is -2.39. The Bertz CT molecular complexity index is 368. The first kappa shape index (κ1) is 13.5. The molecule has 1 amide bonds. The van der Waals surface area contributed by atoms with Crippen LogP contribution in [0.15, 0.2) is 28.7 Å². The molecule has 0 aliphatic carbocycles. The van der Waals surface area contributed by atoms with Gasteiger partial charge < -0.3 is 5.32 Å². The third-order valence-corrected chi connectivity index (χ3v) is 3.43. The number of benzene rings is 1. The number of carbonyl (C=O) groups excluding carboxylic acids is 1. The summed E-state index contributed by atoms with van der Waals surface area (Å²) >= 11 is 9.16. The zero-order valence-electron chi connectivity index (χ0n) is 9.34. The van der Waals surface area contributed by atoms with Gasteiger partial charge >= 0.3 is 0 Å². The van der Waals surface area contributed by atoms with E-state index >= 15 is 0 Å². The molecule has 2 nitrogen and oxygen atoms in total. The molecule has 0 aliphatic heterocycles. The maximum absolute atomic E-state index is 11.9. The van der Waals surface area contributed by atoms with Gasteiger partial charge in [-0.3, -0.25) is 4.79 Å². The average molecular weight is 305 g/mol. The van der Waals surface area contributed by atoms with Crippen molar-refractivity contribution in [2.75, 3.05) is 5.88 Å². The second-order valence-corrected chi connectivity index (χ2v) is 5.12. The van der Waals surface area contributed by atoms with Crippen LogP contribution in [0.5, 0.6) is 0 Å². The van der Waals surface area contributed by atoms with Crippen LogP contribution in [0.4, 0.5) is 0 Å². The quantitative estimate of drug-likeness (QED) is 0.848. The van der Waals surface area contributed by atoms with Crippen LogP contribution in [0, 0.1) is 5.92 Å². The standard InChI is InChI=1S/C12H15BrClNO/c1-8(2)11(7-14)15-12(16)9-5-3-4-6-10(9)13/h3-6,8,11H,7H2,1-2H3,(H,15,16)/t11-/m1/s1. The minimum atomic E-state index is -0.0909. The summed E-state index contributed by atoms with van der Waals surface area (Å²) in [5, 5.41) is 2.92. The first-order valence-electron chi connectivity index (χ1n) is 5.17. The molecule has 16 heavy (non-hydrogen) atoms. The second kappa shape index (κ2) is 6.26. The molecule has 1 rings (SSSR count). The lowest BCUT2D eigenvalue weighted by molar-refractivity contribution is 0.0930. The van der Waals surface area contributed by atoms with E-state index in [1.807, 2.05) is 32.0 Å². The van der Waals surface area contributed by atoms with E-state index in [9.17, 15) is 4.79 Å². The van der Waals surface area contributed by atoms with Gasteiger partial charge in [-0.15, -0.1) is 11.6 Å². The number of amides is 1. The maximum atomic E-state index is 11.9. The summed E-state index contributed by atoms with van der Waals surface area (Å²) in [5.74, 6) is 0.657. The predicted octanol–water partition coefficient (Wildman–Crippen LogP) is 3.44. The van der Waals surface area contributed by atoms with Crippen LogP contribution in [0.1, 0.15) is 24.2 Å². The van der Waals surface area contributed by atoms with Gasteiger partial charge in [0.05, 0.1) is 5.56 Å². The Morgan fingerprint density at radius 1 is 1.44 bits per heavy atom. The van der Waals surface area contributed by atoms with Crippen molar-refractivity contribution in [3.63, 3.8) is 0 Å². The number of nitrogens with one attached hydrogen (secondary N) is 1. The van der Waals surface area contributed by atoms with E-state index in [1.165, 1.54) is 0 Å². The van der Waals surface area contributed by atoms with Crippen molar-refractivity contribution in [2.45, 2.75) is 19.9 Å². The van der Waals surface area contributed by atoms with Crippen molar-refractivity contribution < 1.29 is 4.79 Å². The van der Waals surface area contributed by atoms with Gasteiger partial charge in [-0.1, -0.05) is 26.0 Å². The van der Waals surface area contributed by atoms with Crippen molar-refractivity contribution >= 4 is 33.4 Å². The Morgan fingerprint density at radius 2 is 2.06 bits per heavy atom. The molecule has 1 aromatic carbocycles. The summed E-state index contributed by atoms with van der Waals surface area (Å²) in [5.41, 5.74) is 0.637. The van der Waals surface area contributed by atoms with Crippen LogP contribution in [0.3, 0.4) is 0 Å². The Labute approximate surface area is 110 Å². The lowest BCUT2D eigenvalue weighted by Gasteiger charge is -2.20. The van der Waals surface area contributed by atoms with Crippen LogP contribution in [-0.2, 0) is 0 Å². The summed E-state index contributed by atoms with van der Waals surface area (Å²) in [6.07, 6.45) is 0. The number of halogens is 2. The Morgan fingerprint density at radius 3 is 2.56 bits per heavy atom. The third kappa shape index (κ3) is 3.49. The highest BCUT2D eigenvalue weighted by molar-refractivity contribution is 9.10. The highest BCUT2D eigenvalue weighted by Crippen LogP contribution is 2.16. The molecule has 0 fully saturated rings. The maximum Gasteiger partial charge on any atom is 0.252 e. The van der Waals surface area contributed by atoms with E-state index in [-0.39, 0.29) is 11.9 Å². The van der Waals surface area contributed by atoms with Gasteiger partial charge in [0.25, 0.3) is 5.91 Å². The molecule has 0 aliphatic rings. The monoisotopic (exact) mass is 303 g/mol. The van der Waals surface area contributed by atoms with Crippen molar-refractivity contribution in [1.29, 1.82) is 0 Å². The van der Waals surface area contributed by atoms with Crippen molar-refractivity contribution in [3.05, 3.63) is 34.3 Å². The number of carbonyl (C=O) groups is 1. The summed E-state index contributed by atoms with van der Waals surface area (Å²) in [4.78, 5) is 11.9. The Kier molecular flexibility index (Phi) is 5.29. The molecule has 0 aromatic heterocycles. The zero-order chi connectivity index (χ0) is 12.1. The van der Waals surface area contributed by atoms with Gasteiger partial charge in [-0.25, -0.2) is 0 Å². The van der Waals surface area contributed by atoms with Crippen molar-refractivity contribution in [3.8, 4) is 0 Å². The van der Waals surface area contributed by atoms with Crippen LogP contribution in [-0.4, -0.2) is 17.8 Å². The molecule has 0 bridgehead atoms. The summed E-state index contributed by atoms with van der Waals surface area (Å²) in [7, 11) is 0. The van der Waals surface area contributed by atoms with Crippen LogP contribution >= 0.6 is 27.5 Å². The molecular weight excluding hydrogens is 289 g/mol. The molecule has 0 unspecified atom stereocenters.